The smallest absolute Gasteiger partial charge is 0.107 e. The van der Waals surface area contributed by atoms with E-state index >= 15 is 0 Å². The fourth-order valence-electron chi connectivity index (χ4n) is 1.13. The zero-order chi connectivity index (χ0) is 10.6. The van der Waals surface area contributed by atoms with E-state index in [-0.39, 0.29) is 0 Å². The van der Waals surface area contributed by atoms with Gasteiger partial charge in [0.05, 0.1) is 5.69 Å². The van der Waals surface area contributed by atoms with Gasteiger partial charge in [0, 0.05) is 18.0 Å². The lowest BCUT2D eigenvalue weighted by atomic mass is 10.1. The molecule has 0 bridgehead atoms. The molecule has 1 rings (SSSR count). The monoisotopic (exact) mass is 212 g/mol. The van der Waals surface area contributed by atoms with Crippen LogP contribution in [0.4, 0.5) is 0 Å². The minimum absolute atomic E-state index is 0.533. The second-order valence-electron chi connectivity index (χ2n) is 4.01. The third-order valence-corrected chi connectivity index (χ3v) is 3.22. The Morgan fingerprint density at radius 2 is 2.14 bits per heavy atom. The summed E-state index contributed by atoms with van der Waals surface area (Å²) in [6, 6.07) is 0.533. The maximum atomic E-state index is 4.61. The van der Waals surface area contributed by atoms with Gasteiger partial charge in [-0.05, 0) is 12.3 Å². The van der Waals surface area contributed by atoms with Gasteiger partial charge in [-0.25, -0.2) is 4.98 Å². The predicted molar refractivity (Wildman–Crippen MR) is 62.8 cm³/mol. The van der Waals surface area contributed by atoms with Crippen molar-refractivity contribution in [3.63, 3.8) is 0 Å². The van der Waals surface area contributed by atoms with Crippen molar-refractivity contribution in [1.82, 2.24) is 10.3 Å². The van der Waals surface area contributed by atoms with Gasteiger partial charge in [0.2, 0.25) is 0 Å². The summed E-state index contributed by atoms with van der Waals surface area (Å²) in [7, 11) is 0. The SMILES string of the molecule is CCC(C)c1csc(CNC(C)C)n1. The van der Waals surface area contributed by atoms with Gasteiger partial charge in [-0.3, -0.25) is 0 Å². The normalized spacial score (nSPS) is 13.5. The van der Waals surface area contributed by atoms with Gasteiger partial charge in [0.15, 0.2) is 0 Å². The molecule has 0 fully saturated rings. The van der Waals surface area contributed by atoms with Crippen LogP contribution in [-0.2, 0) is 6.54 Å². The Morgan fingerprint density at radius 1 is 1.43 bits per heavy atom. The van der Waals surface area contributed by atoms with E-state index in [1.54, 1.807) is 11.3 Å². The third-order valence-electron chi connectivity index (χ3n) is 2.35. The molecule has 0 amide bonds. The summed E-state index contributed by atoms with van der Waals surface area (Å²) in [5.41, 5.74) is 1.25. The van der Waals surface area contributed by atoms with Crippen LogP contribution in [0.25, 0.3) is 0 Å². The van der Waals surface area contributed by atoms with Gasteiger partial charge in [0.25, 0.3) is 0 Å². The lowest BCUT2D eigenvalue weighted by Crippen LogP contribution is -2.21. The molecule has 0 saturated carbocycles. The van der Waals surface area contributed by atoms with Crippen LogP contribution in [0.15, 0.2) is 5.38 Å². The van der Waals surface area contributed by atoms with Crippen molar-refractivity contribution in [3.8, 4) is 0 Å². The number of nitrogens with zero attached hydrogens (tertiary/aromatic N) is 1. The summed E-state index contributed by atoms with van der Waals surface area (Å²) in [5.74, 6) is 0.596. The Labute approximate surface area is 90.8 Å². The molecule has 3 heteroatoms. The number of nitrogens with one attached hydrogen (secondary N) is 1. The first-order valence-corrected chi connectivity index (χ1v) is 6.19. The van der Waals surface area contributed by atoms with Crippen molar-refractivity contribution in [2.45, 2.75) is 52.6 Å². The van der Waals surface area contributed by atoms with E-state index < -0.39 is 0 Å². The van der Waals surface area contributed by atoms with Crippen molar-refractivity contribution in [2.75, 3.05) is 0 Å². The first-order chi connectivity index (χ1) is 6.63. The van der Waals surface area contributed by atoms with Crippen LogP contribution in [0, 0.1) is 0 Å². The van der Waals surface area contributed by atoms with Crippen molar-refractivity contribution in [3.05, 3.63) is 16.1 Å². The standard InChI is InChI=1S/C11H20N2S/c1-5-9(4)10-7-14-11(13-10)6-12-8(2)3/h7-9,12H,5-6H2,1-4H3. The van der Waals surface area contributed by atoms with E-state index in [2.05, 4.69) is 43.4 Å². The maximum absolute atomic E-state index is 4.61. The van der Waals surface area contributed by atoms with E-state index in [0.29, 0.717) is 12.0 Å². The number of thiazole rings is 1. The van der Waals surface area contributed by atoms with E-state index in [1.165, 1.54) is 17.1 Å². The third kappa shape index (κ3) is 3.39. The maximum Gasteiger partial charge on any atom is 0.107 e. The Kier molecular flexibility index (Phi) is 4.55. The molecule has 0 spiro atoms. The van der Waals surface area contributed by atoms with Crippen LogP contribution < -0.4 is 5.32 Å². The summed E-state index contributed by atoms with van der Waals surface area (Å²) in [5, 5.41) is 6.77. The van der Waals surface area contributed by atoms with Gasteiger partial charge in [0.1, 0.15) is 5.01 Å². The number of rotatable bonds is 5. The highest BCUT2D eigenvalue weighted by Gasteiger charge is 2.07. The predicted octanol–water partition coefficient (Wildman–Crippen LogP) is 3.15. The van der Waals surface area contributed by atoms with Crippen molar-refractivity contribution in [1.29, 1.82) is 0 Å². The molecular formula is C11H20N2S. The zero-order valence-corrected chi connectivity index (χ0v) is 10.3. The molecule has 1 aromatic rings. The molecular weight excluding hydrogens is 192 g/mol. The lowest BCUT2D eigenvalue weighted by molar-refractivity contribution is 0.585. The second-order valence-corrected chi connectivity index (χ2v) is 4.95. The molecule has 0 aliphatic rings. The molecule has 1 N–H and O–H groups in total. The van der Waals surface area contributed by atoms with E-state index in [4.69, 9.17) is 0 Å². The summed E-state index contributed by atoms with van der Waals surface area (Å²) in [4.78, 5) is 4.61. The van der Waals surface area contributed by atoms with Crippen molar-refractivity contribution < 1.29 is 0 Å². The van der Waals surface area contributed by atoms with Gasteiger partial charge < -0.3 is 5.32 Å². The van der Waals surface area contributed by atoms with Gasteiger partial charge in [-0.15, -0.1) is 11.3 Å². The molecule has 0 radical (unpaired) electrons. The van der Waals surface area contributed by atoms with E-state index in [9.17, 15) is 0 Å². The Hall–Kier alpha value is -0.410. The zero-order valence-electron chi connectivity index (χ0n) is 9.50. The van der Waals surface area contributed by atoms with E-state index in [1.807, 2.05) is 0 Å². The summed E-state index contributed by atoms with van der Waals surface area (Å²) in [6.07, 6.45) is 1.17. The minimum atomic E-state index is 0.533. The summed E-state index contributed by atoms with van der Waals surface area (Å²) in [6.45, 7) is 9.65. The van der Waals surface area contributed by atoms with Gasteiger partial charge in [-0.1, -0.05) is 27.7 Å². The molecule has 0 aliphatic carbocycles. The summed E-state index contributed by atoms with van der Waals surface area (Å²) < 4.78 is 0. The molecule has 1 aromatic heterocycles. The average molecular weight is 212 g/mol. The molecule has 1 unspecified atom stereocenters. The molecule has 1 heterocycles. The Bertz CT molecular complexity index is 268. The molecule has 14 heavy (non-hydrogen) atoms. The molecule has 80 valence electrons. The number of aromatic nitrogens is 1. The Balaban J connectivity index is 2.50. The van der Waals surface area contributed by atoms with Crippen molar-refractivity contribution >= 4 is 11.3 Å². The quantitative estimate of drug-likeness (QED) is 0.811. The molecule has 0 aliphatic heterocycles. The largest absolute Gasteiger partial charge is 0.308 e. The highest BCUT2D eigenvalue weighted by atomic mass is 32.1. The molecule has 1 atom stereocenters. The van der Waals surface area contributed by atoms with Crippen LogP contribution >= 0.6 is 11.3 Å². The van der Waals surface area contributed by atoms with Crippen LogP contribution in [0.3, 0.4) is 0 Å². The lowest BCUT2D eigenvalue weighted by Gasteiger charge is -2.05. The minimum Gasteiger partial charge on any atom is -0.308 e. The average Bonchev–Trinajstić information content (AvgIpc) is 2.62. The molecule has 0 saturated heterocycles. The Morgan fingerprint density at radius 3 is 2.71 bits per heavy atom. The topological polar surface area (TPSA) is 24.9 Å². The number of hydrogen-bond donors (Lipinski definition) is 1. The summed E-state index contributed by atoms with van der Waals surface area (Å²) >= 11 is 1.76. The van der Waals surface area contributed by atoms with Crippen LogP contribution in [-0.4, -0.2) is 11.0 Å². The second kappa shape index (κ2) is 5.47. The molecule has 2 nitrogen and oxygen atoms in total. The number of hydrogen-bond acceptors (Lipinski definition) is 3. The van der Waals surface area contributed by atoms with Gasteiger partial charge >= 0.3 is 0 Å². The van der Waals surface area contributed by atoms with Crippen LogP contribution in [0.1, 0.15) is 50.7 Å². The van der Waals surface area contributed by atoms with Crippen molar-refractivity contribution in [2.24, 2.45) is 0 Å². The van der Waals surface area contributed by atoms with Crippen LogP contribution in [0.2, 0.25) is 0 Å². The van der Waals surface area contributed by atoms with E-state index in [0.717, 1.165) is 6.54 Å². The highest BCUT2D eigenvalue weighted by molar-refractivity contribution is 7.09. The first kappa shape index (κ1) is 11.7. The fraction of sp³-hybridized carbons (Fsp3) is 0.727. The fourth-order valence-corrected chi connectivity index (χ4v) is 2.00. The van der Waals surface area contributed by atoms with Crippen LogP contribution in [0.5, 0.6) is 0 Å². The van der Waals surface area contributed by atoms with Gasteiger partial charge in [-0.2, -0.15) is 0 Å². The molecule has 0 aromatic carbocycles. The first-order valence-electron chi connectivity index (χ1n) is 5.31. The highest BCUT2D eigenvalue weighted by Crippen LogP contribution is 2.20.